The second kappa shape index (κ2) is 8.24. The third kappa shape index (κ3) is 3.78. The van der Waals surface area contributed by atoms with Crippen molar-refractivity contribution >= 4 is 34.7 Å². The van der Waals surface area contributed by atoms with Crippen LogP contribution in [0.25, 0.3) is 5.76 Å². The molecule has 1 N–H and O–H groups in total. The fourth-order valence-electron chi connectivity index (χ4n) is 3.57. The lowest BCUT2D eigenvalue weighted by Crippen LogP contribution is -2.29. The summed E-state index contributed by atoms with van der Waals surface area (Å²) in [7, 11) is 1.53. The summed E-state index contributed by atoms with van der Waals surface area (Å²) >= 11 is 5.93. The molecule has 1 fully saturated rings. The molecule has 1 aliphatic heterocycles. The molecule has 31 heavy (non-hydrogen) atoms. The number of anilines is 1. The van der Waals surface area contributed by atoms with Crippen molar-refractivity contribution in [2.24, 2.45) is 0 Å². The number of aliphatic hydroxyl groups is 1. The molecule has 0 bridgehead atoms. The summed E-state index contributed by atoms with van der Waals surface area (Å²) in [6.07, 6.45) is 0. The Morgan fingerprint density at radius 1 is 0.968 bits per heavy atom. The van der Waals surface area contributed by atoms with Crippen molar-refractivity contribution in [3.05, 3.63) is 100 Å². The van der Waals surface area contributed by atoms with Crippen LogP contribution in [0.2, 0.25) is 5.02 Å². The zero-order valence-electron chi connectivity index (χ0n) is 16.4. The van der Waals surface area contributed by atoms with Crippen LogP contribution in [0.3, 0.4) is 0 Å². The quantitative estimate of drug-likeness (QED) is 0.350. The number of methoxy groups -OCH3 is 1. The van der Waals surface area contributed by atoms with E-state index < -0.39 is 23.5 Å². The summed E-state index contributed by atoms with van der Waals surface area (Å²) in [6, 6.07) is 17.4. The van der Waals surface area contributed by atoms with Gasteiger partial charge in [-0.25, -0.2) is 4.39 Å². The van der Waals surface area contributed by atoms with Gasteiger partial charge in [0.05, 0.1) is 18.7 Å². The second-order valence-electron chi connectivity index (χ2n) is 6.93. The number of amides is 1. The highest BCUT2D eigenvalue weighted by molar-refractivity contribution is 6.51. The molecule has 0 unspecified atom stereocenters. The van der Waals surface area contributed by atoms with Crippen LogP contribution in [0.1, 0.15) is 17.2 Å². The van der Waals surface area contributed by atoms with Crippen LogP contribution in [0.15, 0.2) is 78.4 Å². The van der Waals surface area contributed by atoms with E-state index in [9.17, 15) is 19.1 Å². The van der Waals surface area contributed by atoms with Crippen molar-refractivity contribution in [3.8, 4) is 5.75 Å². The summed E-state index contributed by atoms with van der Waals surface area (Å²) in [5.74, 6) is -1.84. The number of hydrogen-bond acceptors (Lipinski definition) is 4. The van der Waals surface area contributed by atoms with E-state index in [1.54, 1.807) is 48.5 Å². The van der Waals surface area contributed by atoms with Crippen molar-refractivity contribution in [1.29, 1.82) is 0 Å². The van der Waals surface area contributed by atoms with Gasteiger partial charge in [-0.3, -0.25) is 14.5 Å². The molecule has 4 rings (SSSR count). The second-order valence-corrected chi connectivity index (χ2v) is 7.36. The molecule has 1 heterocycles. The van der Waals surface area contributed by atoms with Gasteiger partial charge in [0, 0.05) is 16.3 Å². The van der Waals surface area contributed by atoms with Gasteiger partial charge in [0.15, 0.2) is 0 Å². The van der Waals surface area contributed by atoms with Crippen molar-refractivity contribution in [3.63, 3.8) is 0 Å². The Labute approximate surface area is 182 Å². The molecule has 1 amide bonds. The maximum Gasteiger partial charge on any atom is 0.300 e. The third-order valence-electron chi connectivity index (χ3n) is 5.10. The molecule has 0 spiro atoms. The first-order valence-corrected chi connectivity index (χ1v) is 9.75. The number of Topliss-reactive ketones (excluding diaryl/α,β-unsaturated/α-hetero) is 1. The zero-order valence-corrected chi connectivity index (χ0v) is 17.1. The number of ketones is 1. The lowest BCUT2D eigenvalue weighted by Gasteiger charge is -2.25. The van der Waals surface area contributed by atoms with Gasteiger partial charge in [-0.2, -0.15) is 0 Å². The minimum absolute atomic E-state index is 0.0678. The fraction of sp³-hybridized carbons (Fsp3) is 0.0833. The topological polar surface area (TPSA) is 66.8 Å². The van der Waals surface area contributed by atoms with Crippen LogP contribution in [-0.2, 0) is 9.59 Å². The van der Waals surface area contributed by atoms with E-state index >= 15 is 0 Å². The van der Waals surface area contributed by atoms with Crippen LogP contribution in [0.4, 0.5) is 10.1 Å². The van der Waals surface area contributed by atoms with E-state index in [1.807, 2.05) is 0 Å². The molecule has 1 aliphatic rings. The molecule has 3 aromatic rings. The zero-order chi connectivity index (χ0) is 22.1. The van der Waals surface area contributed by atoms with Gasteiger partial charge in [0.1, 0.15) is 17.3 Å². The summed E-state index contributed by atoms with van der Waals surface area (Å²) in [6.45, 7) is 0. The fourth-order valence-corrected chi connectivity index (χ4v) is 3.69. The van der Waals surface area contributed by atoms with Crippen LogP contribution in [0.5, 0.6) is 5.75 Å². The van der Waals surface area contributed by atoms with Gasteiger partial charge in [-0.05, 0) is 66.2 Å². The molecule has 0 saturated carbocycles. The lowest BCUT2D eigenvalue weighted by molar-refractivity contribution is -0.132. The lowest BCUT2D eigenvalue weighted by atomic mass is 9.95. The first-order chi connectivity index (χ1) is 14.9. The Kier molecular flexibility index (Phi) is 5.48. The number of nitrogens with zero attached hydrogens (tertiary/aromatic N) is 1. The summed E-state index contributed by atoms with van der Waals surface area (Å²) in [5, 5.41) is 11.5. The molecule has 3 aromatic carbocycles. The van der Waals surface area contributed by atoms with Gasteiger partial charge in [0.25, 0.3) is 11.7 Å². The number of hydrogen-bond donors (Lipinski definition) is 1. The van der Waals surface area contributed by atoms with Gasteiger partial charge in [-0.1, -0.05) is 23.7 Å². The van der Waals surface area contributed by atoms with E-state index in [2.05, 4.69) is 0 Å². The Balaban J connectivity index is 1.92. The smallest absolute Gasteiger partial charge is 0.300 e. The molecule has 1 saturated heterocycles. The molecule has 0 aliphatic carbocycles. The Bertz CT molecular complexity index is 1170. The number of ether oxygens (including phenoxy) is 1. The number of rotatable bonds is 4. The normalized spacial score (nSPS) is 17.8. The molecule has 7 heteroatoms. The molecule has 0 aromatic heterocycles. The molecular weight excluding hydrogens is 421 g/mol. The number of carbonyl (C=O) groups excluding carboxylic acids is 2. The summed E-state index contributed by atoms with van der Waals surface area (Å²) in [5.41, 5.74) is 1.20. The van der Waals surface area contributed by atoms with Crippen molar-refractivity contribution in [2.45, 2.75) is 6.04 Å². The highest BCUT2D eigenvalue weighted by Gasteiger charge is 2.46. The van der Waals surface area contributed by atoms with Crippen molar-refractivity contribution in [1.82, 2.24) is 0 Å². The molecule has 5 nitrogen and oxygen atoms in total. The molecule has 1 atom stereocenters. The summed E-state index contributed by atoms with van der Waals surface area (Å²) in [4.78, 5) is 27.3. The maximum atomic E-state index is 13.5. The number of carbonyl (C=O) groups is 2. The average Bonchev–Trinajstić information content (AvgIpc) is 3.05. The van der Waals surface area contributed by atoms with Crippen LogP contribution >= 0.6 is 11.6 Å². The highest BCUT2D eigenvalue weighted by Crippen LogP contribution is 2.42. The van der Waals surface area contributed by atoms with Gasteiger partial charge >= 0.3 is 0 Å². The van der Waals surface area contributed by atoms with E-state index in [0.717, 1.165) is 0 Å². The SMILES string of the molecule is COc1ccc([C@@H]2/C(=C(\O)c3ccc(Cl)cc3)C(=O)C(=O)N2c2ccc(F)cc2)cc1. The first-order valence-electron chi connectivity index (χ1n) is 9.37. The maximum absolute atomic E-state index is 13.5. The minimum atomic E-state index is -0.910. The van der Waals surface area contributed by atoms with E-state index in [4.69, 9.17) is 16.3 Å². The first kappa shape index (κ1) is 20.6. The van der Waals surface area contributed by atoms with Crippen LogP contribution < -0.4 is 9.64 Å². The summed E-state index contributed by atoms with van der Waals surface area (Å²) < 4.78 is 18.7. The monoisotopic (exact) mass is 437 g/mol. The van der Waals surface area contributed by atoms with Crippen molar-refractivity contribution in [2.75, 3.05) is 12.0 Å². The Hall–Kier alpha value is -3.64. The largest absolute Gasteiger partial charge is 0.507 e. The molecule has 156 valence electrons. The Morgan fingerprint density at radius 2 is 1.58 bits per heavy atom. The Morgan fingerprint density at radius 3 is 2.16 bits per heavy atom. The van der Waals surface area contributed by atoms with E-state index in [0.29, 0.717) is 27.6 Å². The third-order valence-corrected chi connectivity index (χ3v) is 5.35. The minimum Gasteiger partial charge on any atom is -0.507 e. The standard InChI is InChI=1S/C24H17ClFNO4/c1-31-19-12-4-14(5-13-19)21-20(22(28)15-2-6-16(25)7-3-15)23(29)24(30)27(21)18-10-8-17(26)9-11-18/h2-13,21,28H,1H3/b22-20+/t21-/m1/s1. The molecular formula is C24H17ClFNO4. The average molecular weight is 438 g/mol. The van der Waals surface area contributed by atoms with Gasteiger partial charge in [-0.15, -0.1) is 0 Å². The van der Waals surface area contributed by atoms with Crippen LogP contribution in [0, 0.1) is 5.82 Å². The van der Waals surface area contributed by atoms with E-state index in [-0.39, 0.29) is 11.3 Å². The highest BCUT2D eigenvalue weighted by atomic mass is 35.5. The molecule has 0 radical (unpaired) electrons. The van der Waals surface area contributed by atoms with Gasteiger partial charge in [0.2, 0.25) is 0 Å². The number of halogens is 2. The van der Waals surface area contributed by atoms with Gasteiger partial charge < -0.3 is 9.84 Å². The number of benzene rings is 3. The van der Waals surface area contributed by atoms with Crippen molar-refractivity contribution < 1.29 is 23.8 Å². The predicted octanol–water partition coefficient (Wildman–Crippen LogP) is 5.11. The van der Waals surface area contributed by atoms with E-state index in [1.165, 1.54) is 36.3 Å². The predicted molar refractivity (Wildman–Crippen MR) is 116 cm³/mol. The van der Waals surface area contributed by atoms with Crippen LogP contribution in [-0.4, -0.2) is 23.9 Å². The number of aliphatic hydroxyl groups excluding tert-OH is 1.